The van der Waals surface area contributed by atoms with E-state index in [2.05, 4.69) is 0 Å². The summed E-state index contributed by atoms with van der Waals surface area (Å²) >= 11 is 0. The molecule has 1 fully saturated rings. The predicted octanol–water partition coefficient (Wildman–Crippen LogP) is -17.2. The van der Waals surface area contributed by atoms with Crippen LogP contribution in [0.1, 0.15) is 12.8 Å². The normalized spacial score (nSPS) is 19.6. The van der Waals surface area contributed by atoms with Crippen LogP contribution in [0.4, 0.5) is 0 Å². The average Bonchev–Trinajstić information content (AvgIpc) is 2.39. The lowest BCUT2D eigenvalue weighted by Crippen LogP contribution is -3.00. The molecule has 1 aliphatic rings. The molecule has 8 N–H and O–H groups in total. The highest BCUT2D eigenvalue weighted by Gasteiger charge is 2.00. The van der Waals surface area contributed by atoms with Crippen molar-refractivity contribution in [2.75, 3.05) is 52.6 Å². The molecule has 0 bridgehead atoms. The lowest BCUT2D eigenvalue weighted by molar-refractivity contribution is -0.952. The number of nitrogens with two attached hydrogens (primary N) is 4. The molecule has 140 valence electrons. The van der Waals surface area contributed by atoms with Gasteiger partial charge >= 0.3 is 0 Å². The Morgan fingerprint density at radius 2 is 0.636 bits per heavy atom. The summed E-state index contributed by atoms with van der Waals surface area (Å²) in [6.07, 6.45) is 1.82. The number of quaternary nitrogens is 4. The van der Waals surface area contributed by atoms with Gasteiger partial charge in [0, 0.05) is 12.8 Å². The summed E-state index contributed by atoms with van der Waals surface area (Å²) in [5.74, 6) is 0. The zero-order chi connectivity index (χ0) is 12.7. The molecule has 0 spiro atoms. The molecule has 0 aliphatic carbocycles. The van der Waals surface area contributed by atoms with E-state index in [0.29, 0.717) is 26.4 Å². The minimum atomic E-state index is 0. The van der Waals surface area contributed by atoms with Gasteiger partial charge in [0.1, 0.15) is 26.4 Å². The van der Waals surface area contributed by atoms with Gasteiger partial charge in [-0.2, -0.15) is 21.9 Å². The van der Waals surface area contributed by atoms with Crippen LogP contribution in [-0.4, -0.2) is 52.6 Å². The molecular weight excluding hydrogens is 382 g/mol. The van der Waals surface area contributed by atoms with Gasteiger partial charge in [-0.15, -0.1) is 0 Å². The molecule has 1 rings (SSSR count). The third-order valence-electron chi connectivity index (χ3n) is 2.32. The summed E-state index contributed by atoms with van der Waals surface area (Å²) in [6.45, 7) is 6.39. The van der Waals surface area contributed by atoms with E-state index in [1.165, 1.54) is 0 Å². The molecule has 1 saturated heterocycles. The fourth-order valence-electron chi connectivity index (χ4n) is 1.39. The predicted molar refractivity (Wildman–Crippen MR) is 60.2 cm³/mol. The van der Waals surface area contributed by atoms with Gasteiger partial charge in [0.2, 0.25) is 0 Å². The van der Waals surface area contributed by atoms with Crippen molar-refractivity contribution in [3.05, 3.63) is 0 Å². The van der Waals surface area contributed by atoms with Gasteiger partial charge in [-0.25, -0.2) is 19.4 Å². The molecule has 0 saturated carbocycles. The molecular formula is C10H28Cl4N4O4. The molecule has 0 aromatic rings. The van der Waals surface area contributed by atoms with Crippen molar-refractivity contribution in [1.82, 2.24) is 0 Å². The third-order valence-corrected chi connectivity index (χ3v) is 2.32. The van der Waals surface area contributed by atoms with Crippen molar-refractivity contribution < 1.29 is 90.9 Å². The van der Waals surface area contributed by atoms with Crippen LogP contribution in [0.3, 0.4) is 0 Å². The SMILES string of the molecule is C1CO[NH2+]CC[NH2+]OCCCO[NH2+]CC[NH2+]OC1.[Cl-].[Cl-].[Cl-].[Cl-]. The van der Waals surface area contributed by atoms with E-state index in [1.807, 2.05) is 21.9 Å². The smallest absolute Gasteiger partial charge is 0.157 e. The lowest BCUT2D eigenvalue weighted by atomic mass is 10.5. The first-order chi connectivity index (χ1) is 9.00. The number of hydrogen-bond donors (Lipinski definition) is 4. The zero-order valence-corrected chi connectivity index (χ0v) is 15.5. The Balaban J connectivity index is -0.000000405. The Morgan fingerprint density at radius 3 is 0.864 bits per heavy atom. The first kappa shape index (κ1) is 30.7. The van der Waals surface area contributed by atoms with Crippen LogP contribution in [-0.2, 0) is 19.4 Å². The summed E-state index contributed by atoms with van der Waals surface area (Å²) in [6, 6.07) is 0. The molecule has 1 heterocycles. The minimum absolute atomic E-state index is 0. The fraction of sp³-hybridized carbons (Fsp3) is 1.00. The summed E-state index contributed by atoms with van der Waals surface area (Å²) in [5.41, 5.74) is 7.35. The Bertz CT molecular complexity index is 116. The van der Waals surface area contributed by atoms with Gasteiger partial charge in [-0.05, 0) is 0 Å². The van der Waals surface area contributed by atoms with Crippen LogP contribution in [0, 0.1) is 0 Å². The van der Waals surface area contributed by atoms with E-state index >= 15 is 0 Å². The molecule has 0 aromatic carbocycles. The topological polar surface area (TPSA) is 103 Å². The quantitative estimate of drug-likeness (QED) is 0.319. The molecule has 0 amide bonds. The van der Waals surface area contributed by atoms with Crippen LogP contribution in [0.5, 0.6) is 0 Å². The highest BCUT2D eigenvalue weighted by Crippen LogP contribution is 1.75. The van der Waals surface area contributed by atoms with E-state index in [0.717, 1.165) is 39.0 Å². The molecule has 8 nitrogen and oxygen atoms in total. The van der Waals surface area contributed by atoms with Gasteiger partial charge in [0.05, 0.1) is 0 Å². The monoisotopic (exact) mass is 408 g/mol. The number of halogens is 4. The summed E-state index contributed by atoms with van der Waals surface area (Å²) in [7, 11) is 0. The second kappa shape index (κ2) is 26.7. The van der Waals surface area contributed by atoms with E-state index in [1.54, 1.807) is 0 Å². The van der Waals surface area contributed by atoms with E-state index in [4.69, 9.17) is 19.4 Å². The first-order valence-electron chi connectivity index (χ1n) is 6.73. The maximum Gasteiger partial charge on any atom is 0.157 e. The molecule has 0 radical (unpaired) electrons. The number of rotatable bonds is 0. The van der Waals surface area contributed by atoms with Crippen molar-refractivity contribution in [1.29, 1.82) is 0 Å². The highest BCUT2D eigenvalue weighted by atomic mass is 35.5. The van der Waals surface area contributed by atoms with Crippen molar-refractivity contribution in [3.8, 4) is 0 Å². The summed E-state index contributed by atoms with van der Waals surface area (Å²) in [5, 5.41) is 0. The molecule has 0 unspecified atom stereocenters. The van der Waals surface area contributed by atoms with E-state index in [-0.39, 0.29) is 49.6 Å². The first-order valence-corrected chi connectivity index (χ1v) is 6.73. The van der Waals surface area contributed by atoms with Gasteiger partial charge in [-0.1, -0.05) is 0 Å². The highest BCUT2D eigenvalue weighted by molar-refractivity contribution is 4.27. The maximum atomic E-state index is 5.36. The van der Waals surface area contributed by atoms with Crippen LogP contribution in [0.15, 0.2) is 0 Å². The van der Waals surface area contributed by atoms with Crippen LogP contribution in [0.25, 0.3) is 0 Å². The Hall–Kier alpha value is 0.840. The Morgan fingerprint density at radius 1 is 0.409 bits per heavy atom. The number of hydrogen-bond acceptors (Lipinski definition) is 4. The lowest BCUT2D eigenvalue weighted by Gasteiger charge is -2.04. The maximum absolute atomic E-state index is 5.36. The Labute approximate surface area is 156 Å². The second-order valence-electron chi connectivity index (χ2n) is 4.01. The summed E-state index contributed by atoms with van der Waals surface area (Å²) in [4.78, 5) is 21.4. The fourth-order valence-corrected chi connectivity index (χ4v) is 1.39. The largest absolute Gasteiger partial charge is 1.00 e. The van der Waals surface area contributed by atoms with Crippen LogP contribution >= 0.6 is 0 Å². The summed E-state index contributed by atoms with van der Waals surface area (Å²) < 4.78 is 0. The molecule has 1 aliphatic heterocycles. The Kier molecular flexibility index (Phi) is 37.3. The average molecular weight is 410 g/mol. The van der Waals surface area contributed by atoms with Crippen molar-refractivity contribution >= 4 is 0 Å². The third kappa shape index (κ3) is 23.1. The minimum Gasteiger partial charge on any atom is -1.00 e. The van der Waals surface area contributed by atoms with Crippen LogP contribution in [0.2, 0.25) is 0 Å². The van der Waals surface area contributed by atoms with Gasteiger partial charge in [-0.3, -0.25) is 0 Å². The van der Waals surface area contributed by atoms with Crippen molar-refractivity contribution in [2.45, 2.75) is 12.8 Å². The number of hydroxylamine groups is 4. The standard InChI is InChI=1S/C10H24N4O4.4ClH/c1-7-15-11-3-5-13-17-9-2-10-18-14-6-4-12-16-8-1;;;;/h11-14H,1-10H2;4*1H. The van der Waals surface area contributed by atoms with Gasteiger partial charge in [0.15, 0.2) is 26.2 Å². The zero-order valence-electron chi connectivity index (χ0n) is 12.5. The van der Waals surface area contributed by atoms with E-state index < -0.39 is 0 Å². The van der Waals surface area contributed by atoms with Crippen LogP contribution < -0.4 is 71.5 Å². The molecule has 12 heteroatoms. The van der Waals surface area contributed by atoms with Gasteiger partial charge in [0.25, 0.3) is 0 Å². The molecule has 0 atom stereocenters. The molecule has 0 aromatic heterocycles. The van der Waals surface area contributed by atoms with E-state index in [9.17, 15) is 0 Å². The van der Waals surface area contributed by atoms with Crippen molar-refractivity contribution in [2.24, 2.45) is 0 Å². The van der Waals surface area contributed by atoms with Gasteiger partial charge < -0.3 is 49.6 Å². The second-order valence-corrected chi connectivity index (χ2v) is 4.01. The van der Waals surface area contributed by atoms with Crippen molar-refractivity contribution in [3.63, 3.8) is 0 Å². The molecule has 22 heavy (non-hydrogen) atoms.